The van der Waals surface area contributed by atoms with Crippen LogP contribution in [-0.4, -0.2) is 31.1 Å². The van der Waals surface area contributed by atoms with Gasteiger partial charge in [-0.25, -0.2) is 0 Å². The van der Waals surface area contributed by atoms with Gasteiger partial charge in [0, 0.05) is 5.54 Å². The number of nitrogens with one attached hydrogen (secondary N) is 1. The Balaban J connectivity index is 1.84. The molecular formula is C10H19NO2. The van der Waals surface area contributed by atoms with Crippen LogP contribution in [0.5, 0.6) is 0 Å². The fourth-order valence-corrected chi connectivity index (χ4v) is 2.01. The summed E-state index contributed by atoms with van der Waals surface area (Å²) in [6, 6.07) is 0. The Kier molecular flexibility index (Phi) is 2.13. The molecule has 76 valence electrons. The van der Waals surface area contributed by atoms with E-state index in [4.69, 9.17) is 9.47 Å². The molecule has 2 fully saturated rings. The summed E-state index contributed by atoms with van der Waals surface area (Å²) in [6.07, 6.45) is 3.94. The molecule has 0 amide bonds. The fraction of sp³-hybridized carbons (Fsp3) is 1.00. The van der Waals surface area contributed by atoms with E-state index in [2.05, 4.69) is 5.32 Å². The lowest BCUT2D eigenvalue weighted by atomic mass is 10.1. The molecule has 13 heavy (non-hydrogen) atoms. The van der Waals surface area contributed by atoms with Gasteiger partial charge in [0.15, 0.2) is 5.79 Å². The molecule has 1 aliphatic carbocycles. The van der Waals surface area contributed by atoms with Crippen molar-refractivity contribution in [1.82, 2.24) is 5.32 Å². The first-order valence-electron chi connectivity index (χ1n) is 5.06. The largest absolute Gasteiger partial charge is 0.348 e. The predicted octanol–water partition coefficient (Wildman–Crippen LogP) is 1.28. The van der Waals surface area contributed by atoms with E-state index in [0.717, 1.165) is 13.0 Å². The summed E-state index contributed by atoms with van der Waals surface area (Å²) in [4.78, 5) is 0. The van der Waals surface area contributed by atoms with Crippen LogP contribution < -0.4 is 5.32 Å². The monoisotopic (exact) mass is 185 g/mol. The summed E-state index contributed by atoms with van der Waals surface area (Å²) in [6.45, 7) is 4.70. The van der Waals surface area contributed by atoms with Crippen LogP contribution in [0, 0.1) is 0 Å². The van der Waals surface area contributed by atoms with E-state index in [0.29, 0.717) is 5.54 Å². The highest BCUT2D eigenvalue weighted by molar-refractivity contribution is 5.03. The zero-order chi connectivity index (χ0) is 9.53. The van der Waals surface area contributed by atoms with Gasteiger partial charge in [-0.05, 0) is 40.2 Å². The molecule has 0 aromatic rings. The van der Waals surface area contributed by atoms with E-state index >= 15 is 0 Å². The van der Waals surface area contributed by atoms with Gasteiger partial charge < -0.3 is 14.8 Å². The minimum atomic E-state index is -0.367. The number of hydrogen-bond acceptors (Lipinski definition) is 3. The summed E-state index contributed by atoms with van der Waals surface area (Å²) < 4.78 is 11.3. The highest BCUT2D eigenvalue weighted by Gasteiger charge is 2.45. The third-order valence-electron chi connectivity index (χ3n) is 3.07. The summed E-state index contributed by atoms with van der Waals surface area (Å²) in [5.74, 6) is -0.367. The van der Waals surface area contributed by atoms with Gasteiger partial charge >= 0.3 is 0 Å². The second-order valence-electron chi connectivity index (χ2n) is 4.69. The summed E-state index contributed by atoms with van der Waals surface area (Å²) in [7, 11) is 2.04. The third kappa shape index (κ3) is 2.03. The molecule has 3 heteroatoms. The van der Waals surface area contributed by atoms with E-state index in [1.54, 1.807) is 0 Å². The Bertz CT molecular complexity index is 199. The van der Waals surface area contributed by atoms with Crippen LogP contribution in [0.3, 0.4) is 0 Å². The zero-order valence-corrected chi connectivity index (χ0v) is 8.72. The van der Waals surface area contributed by atoms with Crippen molar-refractivity contribution in [3.63, 3.8) is 0 Å². The van der Waals surface area contributed by atoms with Crippen LogP contribution in [0.1, 0.15) is 33.1 Å². The molecule has 3 nitrogen and oxygen atoms in total. The van der Waals surface area contributed by atoms with Crippen molar-refractivity contribution in [2.75, 3.05) is 13.7 Å². The molecule has 1 saturated carbocycles. The first-order valence-corrected chi connectivity index (χ1v) is 5.06. The normalized spacial score (nSPS) is 34.8. The van der Waals surface area contributed by atoms with Crippen LogP contribution in [0.2, 0.25) is 0 Å². The highest BCUT2D eigenvalue weighted by Crippen LogP contribution is 2.41. The second kappa shape index (κ2) is 2.94. The average molecular weight is 185 g/mol. The SMILES string of the molecule is CNC1(CC2COC(C)(C)O2)CC1. The van der Waals surface area contributed by atoms with Crippen LogP contribution in [0.4, 0.5) is 0 Å². The van der Waals surface area contributed by atoms with Gasteiger partial charge in [-0.1, -0.05) is 0 Å². The maximum absolute atomic E-state index is 5.76. The number of rotatable bonds is 3. The van der Waals surface area contributed by atoms with Crippen LogP contribution >= 0.6 is 0 Å². The lowest BCUT2D eigenvalue weighted by Crippen LogP contribution is -2.33. The van der Waals surface area contributed by atoms with Crippen molar-refractivity contribution in [3.8, 4) is 0 Å². The van der Waals surface area contributed by atoms with Crippen molar-refractivity contribution < 1.29 is 9.47 Å². The highest BCUT2D eigenvalue weighted by atomic mass is 16.7. The van der Waals surface area contributed by atoms with Crippen LogP contribution in [0.15, 0.2) is 0 Å². The molecule has 0 spiro atoms. The smallest absolute Gasteiger partial charge is 0.163 e. The van der Waals surface area contributed by atoms with E-state index < -0.39 is 0 Å². The Morgan fingerprint density at radius 2 is 2.08 bits per heavy atom. The third-order valence-corrected chi connectivity index (χ3v) is 3.07. The molecule has 1 heterocycles. The van der Waals surface area contributed by atoms with Gasteiger partial charge in [0.05, 0.1) is 12.7 Å². The Morgan fingerprint density at radius 1 is 1.38 bits per heavy atom. The van der Waals surface area contributed by atoms with Crippen molar-refractivity contribution >= 4 is 0 Å². The Hall–Kier alpha value is -0.120. The lowest BCUT2D eigenvalue weighted by molar-refractivity contribution is -0.139. The summed E-state index contributed by atoms with van der Waals surface area (Å²) in [5, 5.41) is 3.37. The molecule has 1 aliphatic heterocycles. The van der Waals surface area contributed by atoms with Gasteiger partial charge in [0.2, 0.25) is 0 Å². The van der Waals surface area contributed by atoms with Crippen LogP contribution in [0.25, 0.3) is 0 Å². The van der Waals surface area contributed by atoms with Gasteiger partial charge in [-0.2, -0.15) is 0 Å². The quantitative estimate of drug-likeness (QED) is 0.718. The van der Waals surface area contributed by atoms with Crippen LogP contribution in [-0.2, 0) is 9.47 Å². The molecule has 1 saturated heterocycles. The number of ether oxygens (including phenoxy) is 2. The van der Waals surface area contributed by atoms with Gasteiger partial charge in [0.25, 0.3) is 0 Å². The predicted molar refractivity (Wildman–Crippen MR) is 50.5 cm³/mol. The van der Waals surface area contributed by atoms with E-state index in [1.165, 1.54) is 12.8 Å². The molecule has 1 N–H and O–H groups in total. The van der Waals surface area contributed by atoms with Crippen molar-refractivity contribution in [2.24, 2.45) is 0 Å². The fourth-order valence-electron chi connectivity index (χ4n) is 2.01. The Labute approximate surface area is 79.8 Å². The van der Waals surface area contributed by atoms with E-state index in [9.17, 15) is 0 Å². The Morgan fingerprint density at radius 3 is 2.46 bits per heavy atom. The topological polar surface area (TPSA) is 30.5 Å². The minimum absolute atomic E-state index is 0.282. The molecule has 2 rings (SSSR count). The molecule has 2 aliphatic rings. The van der Waals surface area contributed by atoms with E-state index in [1.807, 2.05) is 20.9 Å². The zero-order valence-electron chi connectivity index (χ0n) is 8.72. The van der Waals surface area contributed by atoms with Crippen molar-refractivity contribution in [3.05, 3.63) is 0 Å². The minimum Gasteiger partial charge on any atom is -0.348 e. The number of hydrogen-bond donors (Lipinski definition) is 1. The first kappa shape index (κ1) is 9.44. The summed E-state index contributed by atoms with van der Waals surface area (Å²) >= 11 is 0. The average Bonchev–Trinajstić information content (AvgIpc) is 2.74. The van der Waals surface area contributed by atoms with Crippen molar-refractivity contribution in [1.29, 1.82) is 0 Å². The summed E-state index contributed by atoms with van der Waals surface area (Å²) in [5.41, 5.74) is 0.369. The molecule has 1 unspecified atom stereocenters. The maximum Gasteiger partial charge on any atom is 0.163 e. The molecule has 0 aromatic carbocycles. The maximum atomic E-state index is 5.76. The molecular weight excluding hydrogens is 166 g/mol. The molecule has 0 aromatic heterocycles. The van der Waals surface area contributed by atoms with Gasteiger partial charge in [0.1, 0.15) is 0 Å². The molecule has 0 radical (unpaired) electrons. The second-order valence-corrected chi connectivity index (χ2v) is 4.69. The lowest BCUT2D eigenvalue weighted by Gasteiger charge is -2.20. The van der Waals surface area contributed by atoms with E-state index in [-0.39, 0.29) is 11.9 Å². The standard InChI is InChI=1S/C10H19NO2/c1-9(2)12-7-8(13-9)6-10(11-3)4-5-10/h8,11H,4-7H2,1-3H3. The molecule has 1 atom stereocenters. The van der Waals surface area contributed by atoms with Gasteiger partial charge in [-0.15, -0.1) is 0 Å². The van der Waals surface area contributed by atoms with Gasteiger partial charge in [-0.3, -0.25) is 0 Å². The first-order chi connectivity index (χ1) is 6.05. The molecule has 0 bridgehead atoms. The van der Waals surface area contributed by atoms with Crippen molar-refractivity contribution in [2.45, 2.75) is 50.5 Å².